The zero-order valence-electron chi connectivity index (χ0n) is 21.5. The number of piperidine rings is 1. The van der Waals surface area contributed by atoms with E-state index in [-0.39, 0.29) is 29.9 Å². The van der Waals surface area contributed by atoms with Crippen LogP contribution in [-0.4, -0.2) is 76.3 Å². The molecule has 1 aromatic heterocycles. The van der Waals surface area contributed by atoms with Crippen LogP contribution in [0.2, 0.25) is 0 Å². The third kappa shape index (κ3) is 6.49. The molecule has 8 heteroatoms. The summed E-state index contributed by atoms with van der Waals surface area (Å²) in [6.07, 6.45) is 1.78. The molecule has 0 spiro atoms. The van der Waals surface area contributed by atoms with Crippen LogP contribution in [-0.2, 0) is 27.4 Å². The summed E-state index contributed by atoms with van der Waals surface area (Å²) >= 11 is 0. The number of aromatic nitrogens is 2. The van der Waals surface area contributed by atoms with Crippen molar-refractivity contribution in [3.05, 3.63) is 52.8 Å². The van der Waals surface area contributed by atoms with Crippen LogP contribution in [0, 0.1) is 19.8 Å². The van der Waals surface area contributed by atoms with Gasteiger partial charge in [-0.3, -0.25) is 19.2 Å². The highest BCUT2D eigenvalue weighted by atomic mass is 16.5. The Kier molecular flexibility index (Phi) is 8.23. The van der Waals surface area contributed by atoms with E-state index in [4.69, 9.17) is 4.74 Å². The van der Waals surface area contributed by atoms with Crippen LogP contribution in [0.5, 0.6) is 0 Å². The molecule has 2 amide bonds. The highest BCUT2D eigenvalue weighted by Gasteiger charge is 2.33. The van der Waals surface area contributed by atoms with E-state index in [1.165, 1.54) is 5.56 Å². The molecule has 1 aromatic carbocycles. The van der Waals surface area contributed by atoms with Crippen molar-refractivity contribution in [3.8, 4) is 0 Å². The molecule has 2 fully saturated rings. The zero-order valence-corrected chi connectivity index (χ0v) is 21.5. The molecule has 2 saturated heterocycles. The number of carbonyl (C=O) groups excluding carboxylic acids is 2. The molecular formula is C27H39N5O3. The van der Waals surface area contributed by atoms with Crippen molar-refractivity contribution in [2.24, 2.45) is 5.92 Å². The Labute approximate surface area is 208 Å². The Morgan fingerprint density at radius 2 is 1.71 bits per heavy atom. The standard InChI is InChI=1S/C27H39N5O3/c1-19-15-31(16-20(2)35-19)27(34)24-10-12-30(13-11-24)18-26(33)28-14-25-21(3)29-32(22(25)4)17-23-8-6-5-7-9-23/h5-9,19-20,24H,10-18H2,1-4H3,(H,28,33). The summed E-state index contributed by atoms with van der Waals surface area (Å²) in [6, 6.07) is 10.3. The summed E-state index contributed by atoms with van der Waals surface area (Å²) in [5, 5.41) is 7.76. The van der Waals surface area contributed by atoms with Crippen molar-refractivity contribution in [2.45, 2.75) is 65.8 Å². The SMILES string of the molecule is Cc1nn(Cc2ccccc2)c(C)c1CNC(=O)CN1CCC(C(=O)N2CC(C)OC(C)C2)CC1. The van der Waals surface area contributed by atoms with E-state index < -0.39 is 0 Å². The Bertz CT molecular complexity index is 1000. The first kappa shape index (κ1) is 25.4. The van der Waals surface area contributed by atoms with Crippen LogP contribution in [0.15, 0.2) is 30.3 Å². The number of likely N-dealkylation sites (tertiary alicyclic amines) is 1. The number of benzene rings is 1. The number of hydrogen-bond donors (Lipinski definition) is 1. The van der Waals surface area contributed by atoms with E-state index in [0.717, 1.165) is 49.4 Å². The molecule has 190 valence electrons. The van der Waals surface area contributed by atoms with Crippen molar-refractivity contribution in [1.29, 1.82) is 0 Å². The number of hydrogen-bond acceptors (Lipinski definition) is 5. The third-order valence-electron chi connectivity index (χ3n) is 7.20. The molecule has 2 aromatic rings. The lowest BCUT2D eigenvalue weighted by Gasteiger charge is -2.39. The van der Waals surface area contributed by atoms with Gasteiger partial charge < -0.3 is 15.0 Å². The van der Waals surface area contributed by atoms with Gasteiger partial charge in [-0.25, -0.2) is 0 Å². The van der Waals surface area contributed by atoms with Gasteiger partial charge in [0.05, 0.1) is 31.0 Å². The van der Waals surface area contributed by atoms with Crippen molar-refractivity contribution in [2.75, 3.05) is 32.7 Å². The smallest absolute Gasteiger partial charge is 0.234 e. The Morgan fingerprint density at radius 3 is 2.37 bits per heavy atom. The van der Waals surface area contributed by atoms with Gasteiger partial charge in [0.1, 0.15) is 0 Å². The van der Waals surface area contributed by atoms with Crippen molar-refractivity contribution in [3.63, 3.8) is 0 Å². The molecular weight excluding hydrogens is 442 g/mol. The quantitative estimate of drug-likeness (QED) is 0.657. The molecule has 1 N–H and O–H groups in total. The van der Waals surface area contributed by atoms with Gasteiger partial charge in [0.15, 0.2) is 0 Å². The second kappa shape index (κ2) is 11.4. The zero-order chi connectivity index (χ0) is 24.9. The monoisotopic (exact) mass is 481 g/mol. The Balaban J connectivity index is 1.23. The first-order chi connectivity index (χ1) is 16.8. The van der Waals surface area contributed by atoms with Gasteiger partial charge in [-0.1, -0.05) is 30.3 Å². The van der Waals surface area contributed by atoms with Gasteiger partial charge in [0, 0.05) is 36.8 Å². The van der Waals surface area contributed by atoms with Crippen LogP contribution >= 0.6 is 0 Å². The molecule has 35 heavy (non-hydrogen) atoms. The van der Waals surface area contributed by atoms with Crippen molar-refractivity contribution >= 4 is 11.8 Å². The number of amides is 2. The van der Waals surface area contributed by atoms with Gasteiger partial charge in [-0.15, -0.1) is 0 Å². The van der Waals surface area contributed by atoms with Crippen molar-refractivity contribution < 1.29 is 14.3 Å². The molecule has 0 bridgehead atoms. The predicted molar refractivity (Wildman–Crippen MR) is 135 cm³/mol. The second-order valence-corrected chi connectivity index (χ2v) is 10.1. The molecule has 2 aliphatic rings. The highest BCUT2D eigenvalue weighted by molar-refractivity contribution is 5.79. The van der Waals surface area contributed by atoms with E-state index in [9.17, 15) is 9.59 Å². The molecule has 3 heterocycles. The number of morpholine rings is 1. The van der Waals surface area contributed by atoms with Gasteiger partial charge in [-0.2, -0.15) is 5.10 Å². The average molecular weight is 482 g/mol. The predicted octanol–water partition coefficient (Wildman–Crippen LogP) is 2.51. The Morgan fingerprint density at radius 1 is 1.06 bits per heavy atom. The number of nitrogens with one attached hydrogen (secondary N) is 1. The normalized spacial score (nSPS) is 21.8. The van der Waals surface area contributed by atoms with Gasteiger partial charge in [0.25, 0.3) is 0 Å². The Hall–Kier alpha value is -2.71. The third-order valence-corrected chi connectivity index (χ3v) is 7.20. The number of ether oxygens (including phenoxy) is 1. The van der Waals surface area contributed by atoms with Crippen LogP contribution in [0.25, 0.3) is 0 Å². The lowest BCUT2D eigenvalue weighted by Crippen LogP contribution is -2.51. The van der Waals surface area contributed by atoms with E-state index in [2.05, 4.69) is 34.4 Å². The second-order valence-electron chi connectivity index (χ2n) is 10.1. The molecule has 0 saturated carbocycles. The van der Waals surface area contributed by atoms with Crippen LogP contribution in [0.4, 0.5) is 0 Å². The molecule has 4 rings (SSSR count). The maximum atomic E-state index is 13.0. The van der Waals surface area contributed by atoms with E-state index in [1.807, 2.05) is 48.6 Å². The number of rotatable bonds is 7. The molecule has 0 radical (unpaired) electrons. The summed E-state index contributed by atoms with van der Waals surface area (Å²) in [6.45, 7) is 12.5. The summed E-state index contributed by atoms with van der Waals surface area (Å²) in [5.74, 6) is 0.308. The summed E-state index contributed by atoms with van der Waals surface area (Å²) in [7, 11) is 0. The lowest BCUT2D eigenvalue weighted by molar-refractivity contribution is -0.148. The fourth-order valence-corrected chi connectivity index (χ4v) is 5.30. The fraction of sp³-hybridized carbons (Fsp3) is 0.593. The topological polar surface area (TPSA) is 79.7 Å². The minimum absolute atomic E-state index is 0.0141. The van der Waals surface area contributed by atoms with Crippen LogP contribution < -0.4 is 5.32 Å². The maximum absolute atomic E-state index is 13.0. The van der Waals surface area contributed by atoms with E-state index in [1.54, 1.807) is 0 Å². The lowest BCUT2D eigenvalue weighted by atomic mass is 9.94. The number of nitrogens with zero attached hydrogens (tertiary/aromatic N) is 4. The summed E-state index contributed by atoms with van der Waals surface area (Å²) < 4.78 is 7.76. The van der Waals surface area contributed by atoms with E-state index >= 15 is 0 Å². The van der Waals surface area contributed by atoms with Gasteiger partial charge in [-0.05, 0) is 59.2 Å². The minimum Gasteiger partial charge on any atom is -0.372 e. The molecule has 0 aliphatic carbocycles. The number of carbonyl (C=O) groups is 2. The first-order valence-electron chi connectivity index (χ1n) is 12.8. The molecule has 2 aliphatic heterocycles. The fourth-order valence-electron chi connectivity index (χ4n) is 5.30. The van der Waals surface area contributed by atoms with Gasteiger partial charge >= 0.3 is 0 Å². The maximum Gasteiger partial charge on any atom is 0.234 e. The molecule has 8 nitrogen and oxygen atoms in total. The average Bonchev–Trinajstić information content (AvgIpc) is 3.09. The van der Waals surface area contributed by atoms with E-state index in [0.29, 0.717) is 26.2 Å². The van der Waals surface area contributed by atoms with Crippen LogP contribution in [0.3, 0.4) is 0 Å². The minimum atomic E-state index is 0.0141. The number of aryl methyl sites for hydroxylation is 1. The summed E-state index contributed by atoms with van der Waals surface area (Å²) in [4.78, 5) is 29.8. The first-order valence-corrected chi connectivity index (χ1v) is 12.8. The molecule has 2 atom stereocenters. The van der Waals surface area contributed by atoms with Crippen molar-refractivity contribution in [1.82, 2.24) is 24.9 Å². The highest BCUT2D eigenvalue weighted by Crippen LogP contribution is 2.22. The largest absolute Gasteiger partial charge is 0.372 e. The molecule has 2 unspecified atom stereocenters. The summed E-state index contributed by atoms with van der Waals surface area (Å²) in [5.41, 5.74) is 4.31. The van der Waals surface area contributed by atoms with Crippen LogP contribution in [0.1, 0.15) is 49.2 Å². The van der Waals surface area contributed by atoms with Gasteiger partial charge in [0.2, 0.25) is 11.8 Å².